The molecule has 17 nitrogen and oxygen atoms in total. The summed E-state index contributed by atoms with van der Waals surface area (Å²) in [5, 5.41) is 21.2. The van der Waals surface area contributed by atoms with E-state index in [1.165, 1.54) is 30.3 Å². The van der Waals surface area contributed by atoms with E-state index in [4.69, 9.17) is 19.4 Å². The number of hydrogen-bond acceptors (Lipinski definition) is 12. The van der Waals surface area contributed by atoms with E-state index in [9.17, 15) is 29.8 Å². The summed E-state index contributed by atoms with van der Waals surface area (Å²) in [6.07, 6.45) is 0. The molecule has 0 saturated heterocycles. The van der Waals surface area contributed by atoms with E-state index < -0.39 is 21.7 Å². The molecule has 0 bridgehead atoms. The molecule has 9 N–H and O–H groups in total. The fourth-order valence-corrected chi connectivity index (χ4v) is 4.14. The Bertz CT molecular complexity index is 1910. The largest absolute Gasteiger partial charge is 0.461 e. The summed E-state index contributed by atoms with van der Waals surface area (Å²) in [5.41, 5.74) is 6.42. The summed E-state index contributed by atoms with van der Waals surface area (Å²) in [7, 11) is 0. The predicted octanol–water partition coefficient (Wildman–Crippen LogP) is 4.27. The molecule has 6 rings (SSSR count). The standard InChI is InChI=1S/C15H12N2O5.C13H10N4O4.H4N2/c1-2-21-15(18)12-8-14-11(16-12)7-13(22-14)9-3-5-10(6-4-9)17(19)20;14-16-13(18)10-6-12-9(15-10)5-11(21-12)7-1-3-8(4-2-7)17(19)20;1-2/h3-8,16H,2H2,1H3;1-6,15H,14H2,(H,16,18);1-2H2. The lowest BCUT2D eigenvalue weighted by atomic mass is 10.1. The number of aromatic amines is 2. The summed E-state index contributed by atoms with van der Waals surface area (Å²) in [4.78, 5) is 49.1. The normalized spacial score (nSPS) is 10.4. The second kappa shape index (κ2) is 13.8. The molecule has 0 saturated carbocycles. The summed E-state index contributed by atoms with van der Waals surface area (Å²) < 4.78 is 16.2. The smallest absolute Gasteiger partial charge is 0.354 e. The van der Waals surface area contributed by atoms with Crippen LogP contribution in [0.2, 0.25) is 0 Å². The lowest BCUT2D eigenvalue weighted by Gasteiger charge is -1.98. The number of nitrogen functional groups attached to an aromatic ring is 1. The molecule has 6 aromatic rings. The summed E-state index contributed by atoms with van der Waals surface area (Å²) in [6.45, 7) is 2.03. The number of fused-ring (bicyclic) bond motifs is 2. The van der Waals surface area contributed by atoms with Gasteiger partial charge in [-0.05, 0) is 31.2 Å². The van der Waals surface area contributed by atoms with E-state index in [1.54, 1.807) is 49.4 Å². The van der Waals surface area contributed by atoms with Crippen LogP contribution in [0.3, 0.4) is 0 Å². The number of hydrazine groups is 2. The van der Waals surface area contributed by atoms with Crippen molar-refractivity contribution in [3.63, 3.8) is 0 Å². The number of rotatable bonds is 7. The SMILES string of the molecule is CCOC(=O)c1cc2oc(-c3ccc([N+](=O)[O-])cc3)cc2[nH]1.NN.NNC(=O)c1cc2oc(-c3ccc([N+](=O)[O-])cc3)cc2[nH]1. The summed E-state index contributed by atoms with van der Waals surface area (Å²) in [5.74, 6) is 13.3. The number of H-pyrrole nitrogens is 2. The van der Waals surface area contributed by atoms with Crippen molar-refractivity contribution < 1.29 is 33.0 Å². The maximum absolute atomic E-state index is 11.6. The van der Waals surface area contributed by atoms with Gasteiger partial charge in [0.05, 0.1) is 27.5 Å². The molecule has 0 atom stereocenters. The fraction of sp³-hybridized carbons (Fsp3) is 0.0714. The van der Waals surface area contributed by atoms with Crippen molar-refractivity contribution in [3.05, 3.63) is 104 Å². The number of benzene rings is 2. The van der Waals surface area contributed by atoms with Gasteiger partial charge in [0.15, 0.2) is 11.2 Å². The molecular weight excluding hydrogens is 592 g/mol. The molecule has 0 fully saturated rings. The van der Waals surface area contributed by atoms with Crippen LogP contribution < -0.4 is 23.0 Å². The number of nitrogens with zero attached hydrogens (tertiary/aromatic N) is 2. The first-order valence-electron chi connectivity index (χ1n) is 12.9. The van der Waals surface area contributed by atoms with Gasteiger partial charge >= 0.3 is 5.97 Å². The van der Waals surface area contributed by atoms with Gasteiger partial charge in [-0.3, -0.25) is 42.1 Å². The molecule has 0 unspecified atom stereocenters. The van der Waals surface area contributed by atoms with Gasteiger partial charge in [0.1, 0.15) is 22.9 Å². The van der Waals surface area contributed by atoms with Crippen molar-refractivity contribution in [1.82, 2.24) is 15.4 Å². The van der Waals surface area contributed by atoms with Crippen LogP contribution in [-0.2, 0) is 4.74 Å². The third kappa shape index (κ3) is 7.03. The first-order chi connectivity index (χ1) is 21.7. The van der Waals surface area contributed by atoms with Crippen LogP contribution in [0.5, 0.6) is 0 Å². The second-order valence-electron chi connectivity index (χ2n) is 8.95. The van der Waals surface area contributed by atoms with E-state index in [2.05, 4.69) is 21.7 Å². The van der Waals surface area contributed by atoms with E-state index in [-0.39, 0.29) is 11.4 Å². The van der Waals surface area contributed by atoms with Crippen molar-refractivity contribution in [1.29, 1.82) is 0 Å². The number of furan rings is 2. The summed E-state index contributed by atoms with van der Waals surface area (Å²) >= 11 is 0. The Morgan fingerprint density at radius 3 is 1.58 bits per heavy atom. The van der Waals surface area contributed by atoms with Crippen molar-refractivity contribution in [2.24, 2.45) is 17.5 Å². The Labute approximate surface area is 252 Å². The molecule has 2 aromatic carbocycles. The van der Waals surface area contributed by atoms with E-state index in [0.717, 1.165) is 0 Å². The van der Waals surface area contributed by atoms with Crippen LogP contribution in [0.4, 0.5) is 11.4 Å². The van der Waals surface area contributed by atoms with Gasteiger partial charge in [-0.2, -0.15) is 0 Å². The molecule has 45 heavy (non-hydrogen) atoms. The van der Waals surface area contributed by atoms with Crippen LogP contribution in [0, 0.1) is 20.2 Å². The molecule has 0 aliphatic heterocycles. The molecule has 4 heterocycles. The zero-order chi connectivity index (χ0) is 32.7. The zero-order valence-corrected chi connectivity index (χ0v) is 23.4. The topological polar surface area (TPSA) is 278 Å². The Kier molecular flexibility index (Phi) is 9.69. The molecule has 1 amide bonds. The monoisotopic (exact) mass is 618 g/mol. The first-order valence-corrected chi connectivity index (χ1v) is 12.9. The Hall–Kier alpha value is -6.30. The Morgan fingerprint density at radius 1 is 0.778 bits per heavy atom. The fourth-order valence-electron chi connectivity index (χ4n) is 4.14. The van der Waals surface area contributed by atoms with Gasteiger partial charge < -0.3 is 23.5 Å². The molecular formula is C28H26N8O9. The van der Waals surface area contributed by atoms with Gasteiger partial charge in [-0.1, -0.05) is 0 Å². The number of carbonyl (C=O) groups is 2. The van der Waals surface area contributed by atoms with Crippen molar-refractivity contribution >= 4 is 45.5 Å². The Balaban J connectivity index is 0.000000194. The second-order valence-corrected chi connectivity index (χ2v) is 8.95. The van der Waals surface area contributed by atoms with Gasteiger partial charge in [-0.15, -0.1) is 0 Å². The lowest BCUT2D eigenvalue weighted by molar-refractivity contribution is -0.385. The maximum Gasteiger partial charge on any atom is 0.354 e. The van der Waals surface area contributed by atoms with E-state index >= 15 is 0 Å². The zero-order valence-electron chi connectivity index (χ0n) is 23.4. The van der Waals surface area contributed by atoms with Crippen LogP contribution in [0.1, 0.15) is 27.9 Å². The number of non-ortho nitro benzene ring substituents is 2. The minimum Gasteiger partial charge on any atom is -0.461 e. The first kappa shape index (κ1) is 31.6. The van der Waals surface area contributed by atoms with Crippen LogP contribution in [0.15, 0.2) is 81.6 Å². The Morgan fingerprint density at radius 2 is 1.20 bits per heavy atom. The highest BCUT2D eigenvalue weighted by atomic mass is 16.6. The third-order valence-electron chi connectivity index (χ3n) is 6.21. The van der Waals surface area contributed by atoms with Gasteiger partial charge in [0.25, 0.3) is 17.3 Å². The number of carbonyl (C=O) groups excluding carboxylic acids is 2. The number of esters is 1. The molecule has 232 valence electrons. The highest BCUT2D eigenvalue weighted by Gasteiger charge is 2.16. The van der Waals surface area contributed by atoms with E-state index in [0.29, 0.717) is 62.8 Å². The molecule has 0 aliphatic rings. The van der Waals surface area contributed by atoms with Crippen molar-refractivity contribution in [2.75, 3.05) is 6.61 Å². The number of aromatic nitrogens is 2. The number of nitro benzene ring substituents is 2. The van der Waals surface area contributed by atoms with Crippen LogP contribution in [0.25, 0.3) is 44.8 Å². The molecule has 0 spiro atoms. The maximum atomic E-state index is 11.6. The number of amides is 1. The molecule has 17 heteroatoms. The number of ether oxygens (including phenoxy) is 1. The average molecular weight is 619 g/mol. The van der Waals surface area contributed by atoms with Crippen molar-refractivity contribution in [3.8, 4) is 22.6 Å². The molecule has 0 radical (unpaired) electrons. The lowest BCUT2D eigenvalue weighted by Crippen LogP contribution is -2.30. The van der Waals surface area contributed by atoms with E-state index in [1.807, 2.05) is 5.43 Å². The van der Waals surface area contributed by atoms with Crippen molar-refractivity contribution in [2.45, 2.75) is 6.92 Å². The number of nitrogens with one attached hydrogen (secondary N) is 3. The minimum absolute atomic E-state index is 0.0118. The van der Waals surface area contributed by atoms with Crippen LogP contribution in [-0.4, -0.2) is 38.3 Å². The molecule has 4 aromatic heterocycles. The average Bonchev–Trinajstić information content (AvgIpc) is 3.82. The quantitative estimate of drug-likeness (QED) is 0.0481. The predicted molar refractivity (Wildman–Crippen MR) is 161 cm³/mol. The summed E-state index contributed by atoms with van der Waals surface area (Å²) in [6, 6.07) is 18.6. The third-order valence-corrected chi connectivity index (χ3v) is 6.21. The van der Waals surface area contributed by atoms with Gasteiger partial charge in [-0.25, -0.2) is 10.6 Å². The van der Waals surface area contributed by atoms with Gasteiger partial charge in [0, 0.05) is 59.7 Å². The molecule has 0 aliphatic carbocycles. The highest BCUT2D eigenvalue weighted by Crippen LogP contribution is 2.30. The van der Waals surface area contributed by atoms with Gasteiger partial charge in [0.2, 0.25) is 0 Å². The number of nitrogens with two attached hydrogens (primary N) is 3. The highest BCUT2D eigenvalue weighted by molar-refractivity contribution is 5.97. The number of hydrogen-bond donors (Lipinski definition) is 6. The van der Waals surface area contributed by atoms with Crippen LogP contribution >= 0.6 is 0 Å². The minimum atomic E-state index is -0.464. The number of nitro groups is 2.